The second-order valence-electron chi connectivity index (χ2n) is 8.26. The molecule has 0 aromatic heterocycles. The van der Waals surface area contributed by atoms with Gasteiger partial charge in [0, 0.05) is 32.4 Å². The van der Waals surface area contributed by atoms with Gasteiger partial charge in [-0.1, -0.05) is 24.3 Å². The molecule has 2 aromatic carbocycles. The molecule has 1 atom stereocenters. The van der Waals surface area contributed by atoms with Gasteiger partial charge in [0.1, 0.15) is 5.75 Å². The van der Waals surface area contributed by atoms with Gasteiger partial charge in [0.15, 0.2) is 0 Å². The summed E-state index contributed by atoms with van der Waals surface area (Å²) in [4.78, 5) is 4.87. The largest absolute Gasteiger partial charge is 0.496 e. The SMILES string of the molecule is COc1cccc2c1CCC[C@H]2CN(C)CCc1ccc2c(c1)CCN2C. The molecule has 0 fully saturated rings. The summed E-state index contributed by atoms with van der Waals surface area (Å²) in [6.45, 7) is 3.40. The van der Waals surface area contributed by atoms with E-state index in [9.17, 15) is 0 Å². The molecule has 1 aliphatic carbocycles. The lowest BCUT2D eigenvalue weighted by molar-refractivity contribution is 0.299. The van der Waals surface area contributed by atoms with Gasteiger partial charge in [-0.3, -0.25) is 0 Å². The summed E-state index contributed by atoms with van der Waals surface area (Å²) in [5.41, 5.74) is 7.35. The second-order valence-corrected chi connectivity index (χ2v) is 8.26. The van der Waals surface area contributed by atoms with Crippen molar-refractivity contribution in [2.75, 3.05) is 45.7 Å². The Hall–Kier alpha value is -2.00. The molecule has 1 heterocycles. The number of likely N-dealkylation sites (N-methyl/N-ethyl adjacent to an activating group) is 2. The summed E-state index contributed by atoms with van der Waals surface area (Å²) in [7, 11) is 6.26. The third-order valence-corrected chi connectivity index (χ3v) is 6.39. The molecule has 3 nitrogen and oxygen atoms in total. The molecule has 27 heavy (non-hydrogen) atoms. The number of ether oxygens (including phenoxy) is 1. The first-order valence-corrected chi connectivity index (χ1v) is 10.3. The highest BCUT2D eigenvalue weighted by Gasteiger charge is 2.23. The Morgan fingerprint density at radius 1 is 1.19 bits per heavy atom. The van der Waals surface area contributed by atoms with E-state index in [1.54, 1.807) is 7.11 Å². The van der Waals surface area contributed by atoms with E-state index in [1.807, 2.05) is 0 Å². The molecule has 1 aliphatic heterocycles. The van der Waals surface area contributed by atoms with Crippen molar-refractivity contribution in [1.29, 1.82) is 0 Å². The lowest BCUT2D eigenvalue weighted by Gasteiger charge is -2.30. The van der Waals surface area contributed by atoms with Crippen molar-refractivity contribution in [3.05, 3.63) is 58.7 Å². The Labute approximate surface area is 163 Å². The van der Waals surface area contributed by atoms with E-state index in [-0.39, 0.29) is 0 Å². The van der Waals surface area contributed by atoms with Crippen molar-refractivity contribution in [2.24, 2.45) is 0 Å². The van der Waals surface area contributed by atoms with Crippen LogP contribution in [0, 0.1) is 0 Å². The third-order valence-electron chi connectivity index (χ3n) is 6.39. The van der Waals surface area contributed by atoms with Crippen LogP contribution in [-0.2, 0) is 19.3 Å². The van der Waals surface area contributed by atoms with Crippen molar-refractivity contribution in [2.45, 2.75) is 38.0 Å². The number of rotatable bonds is 6. The third kappa shape index (κ3) is 3.84. The average molecular weight is 365 g/mol. The standard InChI is InChI=1S/C24H32N2O/c1-25(14-12-18-10-11-23-19(16-18)13-15-26(23)2)17-20-6-4-8-22-21(20)7-5-9-24(22)27-3/h5,7,9-11,16,20H,4,6,8,12-15,17H2,1-3H3/t20-/m0/s1. The number of anilines is 1. The van der Waals surface area contributed by atoms with Crippen molar-refractivity contribution < 1.29 is 4.74 Å². The molecular formula is C24H32N2O. The minimum Gasteiger partial charge on any atom is -0.496 e. The number of hydrogen-bond acceptors (Lipinski definition) is 3. The Balaban J connectivity index is 1.38. The zero-order chi connectivity index (χ0) is 18.8. The fourth-order valence-corrected chi connectivity index (χ4v) is 4.86. The second kappa shape index (κ2) is 7.93. The Morgan fingerprint density at radius 2 is 2.07 bits per heavy atom. The van der Waals surface area contributed by atoms with Crippen LogP contribution in [-0.4, -0.2) is 45.7 Å². The molecule has 0 amide bonds. The molecule has 4 rings (SSSR count). The maximum Gasteiger partial charge on any atom is 0.122 e. The zero-order valence-corrected chi connectivity index (χ0v) is 17.0. The molecule has 0 unspecified atom stereocenters. The number of benzene rings is 2. The molecule has 0 saturated heterocycles. The number of fused-ring (bicyclic) bond motifs is 2. The maximum atomic E-state index is 5.60. The summed E-state index contributed by atoms with van der Waals surface area (Å²) in [6, 6.07) is 13.6. The average Bonchev–Trinajstić information content (AvgIpc) is 3.06. The van der Waals surface area contributed by atoms with Gasteiger partial charge in [-0.15, -0.1) is 0 Å². The van der Waals surface area contributed by atoms with Gasteiger partial charge in [-0.2, -0.15) is 0 Å². The zero-order valence-electron chi connectivity index (χ0n) is 17.0. The van der Waals surface area contributed by atoms with Gasteiger partial charge in [0.2, 0.25) is 0 Å². The van der Waals surface area contributed by atoms with Crippen molar-refractivity contribution >= 4 is 5.69 Å². The topological polar surface area (TPSA) is 15.7 Å². The first kappa shape index (κ1) is 18.4. The Bertz CT molecular complexity index is 801. The highest BCUT2D eigenvalue weighted by molar-refractivity contribution is 5.58. The molecule has 0 radical (unpaired) electrons. The van der Waals surface area contributed by atoms with E-state index in [1.165, 1.54) is 47.2 Å². The number of methoxy groups -OCH3 is 1. The number of hydrogen-bond donors (Lipinski definition) is 0. The number of nitrogens with zero attached hydrogens (tertiary/aromatic N) is 2. The van der Waals surface area contributed by atoms with Crippen LogP contribution >= 0.6 is 0 Å². The van der Waals surface area contributed by atoms with Crippen LogP contribution < -0.4 is 9.64 Å². The van der Waals surface area contributed by atoms with Gasteiger partial charge < -0.3 is 14.5 Å². The van der Waals surface area contributed by atoms with E-state index in [0.717, 1.165) is 38.2 Å². The lowest BCUT2D eigenvalue weighted by atomic mass is 9.82. The summed E-state index contributed by atoms with van der Waals surface area (Å²) in [5.74, 6) is 1.70. The summed E-state index contributed by atoms with van der Waals surface area (Å²) >= 11 is 0. The maximum absolute atomic E-state index is 5.60. The van der Waals surface area contributed by atoms with Crippen molar-refractivity contribution in [1.82, 2.24) is 4.90 Å². The van der Waals surface area contributed by atoms with Crippen LogP contribution in [0.25, 0.3) is 0 Å². The smallest absolute Gasteiger partial charge is 0.122 e. The van der Waals surface area contributed by atoms with Crippen LogP contribution in [0.5, 0.6) is 5.75 Å². The van der Waals surface area contributed by atoms with Gasteiger partial charge >= 0.3 is 0 Å². The van der Waals surface area contributed by atoms with Gasteiger partial charge in [-0.05, 0) is 79.5 Å². The van der Waals surface area contributed by atoms with Crippen molar-refractivity contribution in [3.63, 3.8) is 0 Å². The van der Waals surface area contributed by atoms with Crippen LogP contribution in [0.1, 0.15) is 41.0 Å². The van der Waals surface area contributed by atoms with Gasteiger partial charge in [0.25, 0.3) is 0 Å². The monoisotopic (exact) mass is 364 g/mol. The summed E-state index contributed by atoms with van der Waals surface area (Å²) in [5, 5.41) is 0. The normalized spacial score (nSPS) is 18.5. The summed E-state index contributed by atoms with van der Waals surface area (Å²) in [6.07, 6.45) is 6.03. The first-order chi connectivity index (χ1) is 13.2. The Morgan fingerprint density at radius 3 is 2.93 bits per heavy atom. The lowest BCUT2D eigenvalue weighted by Crippen LogP contribution is -2.28. The fraction of sp³-hybridized carbons (Fsp3) is 0.500. The van der Waals surface area contributed by atoms with Crippen LogP contribution in [0.15, 0.2) is 36.4 Å². The molecule has 144 valence electrons. The summed E-state index contributed by atoms with van der Waals surface area (Å²) < 4.78 is 5.60. The predicted molar refractivity (Wildman–Crippen MR) is 113 cm³/mol. The first-order valence-electron chi connectivity index (χ1n) is 10.3. The molecular weight excluding hydrogens is 332 g/mol. The van der Waals surface area contributed by atoms with E-state index in [4.69, 9.17) is 4.74 Å². The van der Waals surface area contributed by atoms with Gasteiger partial charge in [-0.25, -0.2) is 0 Å². The fourth-order valence-electron chi connectivity index (χ4n) is 4.86. The van der Waals surface area contributed by atoms with Crippen molar-refractivity contribution in [3.8, 4) is 5.75 Å². The minimum absolute atomic E-state index is 0.627. The van der Waals surface area contributed by atoms with Crippen LogP contribution in [0.4, 0.5) is 5.69 Å². The van der Waals surface area contributed by atoms with E-state index < -0.39 is 0 Å². The highest BCUT2D eigenvalue weighted by atomic mass is 16.5. The van der Waals surface area contributed by atoms with E-state index >= 15 is 0 Å². The van der Waals surface area contributed by atoms with Crippen LogP contribution in [0.3, 0.4) is 0 Å². The molecule has 2 aliphatic rings. The van der Waals surface area contributed by atoms with Gasteiger partial charge in [0.05, 0.1) is 7.11 Å². The van der Waals surface area contributed by atoms with E-state index in [0.29, 0.717) is 5.92 Å². The molecule has 0 bridgehead atoms. The minimum atomic E-state index is 0.627. The highest BCUT2D eigenvalue weighted by Crippen LogP contribution is 2.37. The van der Waals surface area contributed by atoms with Crippen LogP contribution in [0.2, 0.25) is 0 Å². The quantitative estimate of drug-likeness (QED) is 0.761. The molecule has 0 N–H and O–H groups in total. The molecule has 3 heteroatoms. The Kier molecular flexibility index (Phi) is 5.40. The molecule has 2 aromatic rings. The molecule has 0 spiro atoms. The van der Waals surface area contributed by atoms with E-state index in [2.05, 4.69) is 60.3 Å². The predicted octanol–water partition coefficient (Wildman–Crippen LogP) is 4.28. The molecule has 0 saturated carbocycles.